The Morgan fingerprint density at radius 3 is 2.53 bits per heavy atom. The Balaban J connectivity index is 2.06. The molecule has 19 heavy (non-hydrogen) atoms. The van der Waals surface area contributed by atoms with Gasteiger partial charge in [0.1, 0.15) is 5.75 Å². The molecule has 0 saturated heterocycles. The highest BCUT2D eigenvalue weighted by Crippen LogP contribution is 2.19. The maximum Gasteiger partial charge on any atom is 0.284 e. The van der Waals surface area contributed by atoms with E-state index in [1.165, 1.54) is 11.3 Å². The van der Waals surface area contributed by atoms with E-state index in [1.54, 1.807) is 0 Å². The number of ether oxygens (including phenoxy) is 1. The first kappa shape index (κ1) is 13.5. The van der Waals surface area contributed by atoms with E-state index >= 15 is 0 Å². The van der Waals surface area contributed by atoms with Crippen LogP contribution in [0, 0.1) is 13.8 Å². The number of nitrogens with one attached hydrogen (secondary N) is 1. The van der Waals surface area contributed by atoms with Gasteiger partial charge in [-0.25, -0.2) is 4.98 Å². The van der Waals surface area contributed by atoms with E-state index in [2.05, 4.69) is 10.3 Å². The Morgan fingerprint density at radius 1 is 1.32 bits per heavy atom. The lowest BCUT2D eigenvalue weighted by atomic mass is 10.3. The summed E-state index contributed by atoms with van der Waals surface area (Å²) in [7, 11) is 0. The Hall–Kier alpha value is -1.88. The van der Waals surface area contributed by atoms with E-state index < -0.39 is 0 Å². The highest BCUT2D eigenvalue weighted by molar-refractivity contribution is 7.13. The number of aromatic nitrogens is 1. The third-order valence-electron chi connectivity index (χ3n) is 2.65. The molecule has 0 aliphatic rings. The van der Waals surface area contributed by atoms with Gasteiger partial charge in [-0.15, -0.1) is 11.3 Å². The quantitative estimate of drug-likeness (QED) is 0.931. The summed E-state index contributed by atoms with van der Waals surface area (Å²) < 4.78 is 5.35. The first-order chi connectivity index (χ1) is 9.10. The van der Waals surface area contributed by atoms with E-state index in [0.717, 1.165) is 22.0 Å². The van der Waals surface area contributed by atoms with Gasteiger partial charge in [0, 0.05) is 10.6 Å². The molecule has 0 aliphatic carbocycles. The van der Waals surface area contributed by atoms with Crippen LogP contribution in [0.25, 0.3) is 0 Å². The Labute approximate surface area is 116 Å². The molecule has 1 aromatic carbocycles. The lowest BCUT2D eigenvalue weighted by molar-refractivity contribution is 0.102. The SMILES string of the molecule is CCOc1ccc(NC(=O)c2nc(C)c(C)s2)cc1. The van der Waals surface area contributed by atoms with Crippen molar-refractivity contribution in [2.75, 3.05) is 11.9 Å². The molecule has 4 nitrogen and oxygen atoms in total. The van der Waals surface area contributed by atoms with Gasteiger partial charge >= 0.3 is 0 Å². The first-order valence-corrected chi connectivity index (χ1v) is 6.90. The number of hydrogen-bond acceptors (Lipinski definition) is 4. The zero-order valence-electron chi connectivity index (χ0n) is 11.2. The van der Waals surface area contributed by atoms with Crippen molar-refractivity contribution in [3.63, 3.8) is 0 Å². The average molecular weight is 276 g/mol. The van der Waals surface area contributed by atoms with Crippen molar-refractivity contribution in [3.05, 3.63) is 39.8 Å². The van der Waals surface area contributed by atoms with Crippen LogP contribution in [-0.2, 0) is 0 Å². The third kappa shape index (κ3) is 3.32. The molecule has 100 valence electrons. The number of hydrogen-bond donors (Lipinski definition) is 1. The van der Waals surface area contributed by atoms with Crippen LogP contribution in [0.4, 0.5) is 5.69 Å². The van der Waals surface area contributed by atoms with E-state index in [9.17, 15) is 4.79 Å². The van der Waals surface area contributed by atoms with Crippen molar-refractivity contribution in [1.82, 2.24) is 4.98 Å². The topological polar surface area (TPSA) is 51.2 Å². The normalized spacial score (nSPS) is 10.3. The number of nitrogens with zero attached hydrogens (tertiary/aromatic N) is 1. The molecule has 2 aromatic rings. The van der Waals surface area contributed by atoms with Crippen molar-refractivity contribution in [3.8, 4) is 5.75 Å². The third-order valence-corrected chi connectivity index (χ3v) is 3.72. The zero-order chi connectivity index (χ0) is 13.8. The molecule has 1 amide bonds. The summed E-state index contributed by atoms with van der Waals surface area (Å²) in [5.74, 6) is 0.617. The van der Waals surface area contributed by atoms with Crippen LogP contribution in [0.15, 0.2) is 24.3 Å². The highest BCUT2D eigenvalue weighted by atomic mass is 32.1. The molecule has 0 radical (unpaired) electrons. The van der Waals surface area contributed by atoms with Gasteiger partial charge in [0.15, 0.2) is 5.01 Å². The lowest BCUT2D eigenvalue weighted by Crippen LogP contribution is -2.11. The second kappa shape index (κ2) is 5.84. The van der Waals surface area contributed by atoms with Gasteiger partial charge < -0.3 is 10.1 Å². The zero-order valence-corrected chi connectivity index (χ0v) is 12.0. The Morgan fingerprint density at radius 2 is 2.00 bits per heavy atom. The maximum absolute atomic E-state index is 12.0. The second-order valence-corrected chi connectivity index (χ2v) is 5.28. The molecule has 0 atom stereocenters. The van der Waals surface area contributed by atoms with Crippen LogP contribution in [0.1, 0.15) is 27.3 Å². The smallest absolute Gasteiger partial charge is 0.284 e. The van der Waals surface area contributed by atoms with Crippen molar-refractivity contribution in [1.29, 1.82) is 0 Å². The molecule has 0 unspecified atom stereocenters. The molecule has 0 aliphatic heterocycles. The predicted molar refractivity (Wildman–Crippen MR) is 77.2 cm³/mol. The molecule has 2 rings (SSSR count). The number of carbonyl (C=O) groups is 1. The van der Waals surface area contributed by atoms with E-state index in [0.29, 0.717) is 11.6 Å². The number of benzene rings is 1. The summed E-state index contributed by atoms with van der Waals surface area (Å²) in [5, 5.41) is 3.31. The largest absolute Gasteiger partial charge is 0.494 e. The monoisotopic (exact) mass is 276 g/mol. The summed E-state index contributed by atoms with van der Waals surface area (Å²) in [6, 6.07) is 7.29. The number of thiazole rings is 1. The van der Waals surface area contributed by atoms with Crippen molar-refractivity contribution >= 4 is 22.9 Å². The van der Waals surface area contributed by atoms with Crippen LogP contribution in [0.5, 0.6) is 5.75 Å². The Kier molecular flexibility index (Phi) is 4.16. The van der Waals surface area contributed by atoms with Crippen LogP contribution >= 0.6 is 11.3 Å². The molecule has 5 heteroatoms. The van der Waals surface area contributed by atoms with Gasteiger partial charge in [-0.1, -0.05) is 0 Å². The molecule has 1 aromatic heterocycles. The van der Waals surface area contributed by atoms with Gasteiger partial charge in [-0.2, -0.15) is 0 Å². The number of anilines is 1. The Bertz CT molecular complexity index is 556. The lowest BCUT2D eigenvalue weighted by Gasteiger charge is -2.05. The van der Waals surface area contributed by atoms with Gasteiger partial charge in [-0.3, -0.25) is 4.79 Å². The maximum atomic E-state index is 12.0. The molecular formula is C14H16N2O2S. The predicted octanol–water partition coefficient (Wildman–Crippen LogP) is 3.41. The fourth-order valence-corrected chi connectivity index (χ4v) is 2.37. The number of carbonyl (C=O) groups excluding carboxylic acids is 1. The first-order valence-electron chi connectivity index (χ1n) is 6.08. The molecule has 0 fully saturated rings. The summed E-state index contributed by atoms with van der Waals surface area (Å²) >= 11 is 1.41. The highest BCUT2D eigenvalue weighted by Gasteiger charge is 2.12. The number of aryl methyl sites for hydroxylation is 2. The molecule has 0 bridgehead atoms. The fourth-order valence-electron chi connectivity index (χ4n) is 1.56. The number of rotatable bonds is 4. The fraction of sp³-hybridized carbons (Fsp3) is 0.286. The summed E-state index contributed by atoms with van der Waals surface area (Å²) in [6.45, 7) is 6.42. The second-order valence-electron chi connectivity index (χ2n) is 4.07. The molecule has 0 spiro atoms. The van der Waals surface area contributed by atoms with Crippen LogP contribution < -0.4 is 10.1 Å². The summed E-state index contributed by atoms with van der Waals surface area (Å²) in [6.07, 6.45) is 0. The van der Waals surface area contributed by atoms with Crippen LogP contribution in [0.3, 0.4) is 0 Å². The minimum atomic E-state index is -0.176. The van der Waals surface area contributed by atoms with Crippen molar-refractivity contribution in [2.24, 2.45) is 0 Å². The van der Waals surface area contributed by atoms with E-state index in [4.69, 9.17) is 4.74 Å². The van der Waals surface area contributed by atoms with Crippen LogP contribution in [0.2, 0.25) is 0 Å². The van der Waals surface area contributed by atoms with E-state index in [-0.39, 0.29) is 5.91 Å². The van der Waals surface area contributed by atoms with Gasteiger partial charge in [-0.05, 0) is 45.0 Å². The van der Waals surface area contributed by atoms with Gasteiger partial charge in [0.05, 0.1) is 12.3 Å². The van der Waals surface area contributed by atoms with Gasteiger partial charge in [0.25, 0.3) is 5.91 Å². The minimum absolute atomic E-state index is 0.176. The van der Waals surface area contributed by atoms with Crippen LogP contribution in [-0.4, -0.2) is 17.5 Å². The summed E-state index contributed by atoms with van der Waals surface area (Å²) in [4.78, 5) is 17.3. The van der Waals surface area contributed by atoms with Gasteiger partial charge in [0.2, 0.25) is 0 Å². The van der Waals surface area contributed by atoms with E-state index in [1.807, 2.05) is 45.0 Å². The standard InChI is InChI=1S/C14H16N2O2S/c1-4-18-12-7-5-11(6-8-12)16-13(17)14-15-9(2)10(3)19-14/h5-8H,4H2,1-3H3,(H,16,17). The molecule has 1 N–H and O–H groups in total. The number of amides is 1. The minimum Gasteiger partial charge on any atom is -0.494 e. The molecule has 1 heterocycles. The molecule has 0 saturated carbocycles. The average Bonchev–Trinajstić information content (AvgIpc) is 2.72. The van der Waals surface area contributed by atoms with Crippen molar-refractivity contribution < 1.29 is 9.53 Å². The van der Waals surface area contributed by atoms with Crippen molar-refractivity contribution in [2.45, 2.75) is 20.8 Å². The molecular weight excluding hydrogens is 260 g/mol. The summed E-state index contributed by atoms with van der Waals surface area (Å²) in [5.41, 5.74) is 1.64.